The van der Waals surface area contributed by atoms with Gasteiger partial charge in [-0.15, -0.1) is 5.10 Å². The fraction of sp³-hybridized carbons (Fsp3) is 0.278. The van der Waals surface area contributed by atoms with E-state index in [0.717, 1.165) is 39.5 Å². The Bertz CT molecular complexity index is 821. The SMILES string of the molecule is Nc1ccc(-c2cn(C(CC3CC3)c3ccc(Br)cn3)nn2)cc1. The largest absolute Gasteiger partial charge is 0.399 e. The van der Waals surface area contributed by atoms with Gasteiger partial charge in [-0.25, -0.2) is 4.68 Å². The first kappa shape index (κ1) is 15.3. The highest BCUT2D eigenvalue weighted by atomic mass is 79.9. The van der Waals surface area contributed by atoms with Crippen LogP contribution in [0.25, 0.3) is 11.3 Å². The molecule has 1 aromatic carbocycles. The Balaban J connectivity index is 1.65. The Morgan fingerprint density at radius 3 is 2.62 bits per heavy atom. The van der Waals surface area contributed by atoms with E-state index < -0.39 is 0 Å². The van der Waals surface area contributed by atoms with Gasteiger partial charge in [-0.1, -0.05) is 30.2 Å². The number of benzene rings is 1. The smallest absolute Gasteiger partial charge is 0.113 e. The Hall–Kier alpha value is -2.21. The summed E-state index contributed by atoms with van der Waals surface area (Å²) >= 11 is 3.45. The van der Waals surface area contributed by atoms with Gasteiger partial charge in [-0.05, 0) is 52.5 Å². The number of hydrogen-bond acceptors (Lipinski definition) is 4. The molecule has 4 rings (SSSR count). The minimum atomic E-state index is 0.126. The van der Waals surface area contributed by atoms with Crippen molar-refractivity contribution in [3.8, 4) is 11.3 Å². The molecule has 24 heavy (non-hydrogen) atoms. The van der Waals surface area contributed by atoms with Gasteiger partial charge in [-0.3, -0.25) is 4.98 Å². The zero-order valence-electron chi connectivity index (χ0n) is 13.1. The summed E-state index contributed by atoms with van der Waals surface area (Å²) in [5.74, 6) is 0.768. The van der Waals surface area contributed by atoms with Crippen LogP contribution in [0.3, 0.4) is 0 Å². The monoisotopic (exact) mass is 383 g/mol. The first-order valence-corrected chi connectivity index (χ1v) is 8.87. The van der Waals surface area contributed by atoms with Crippen LogP contribution < -0.4 is 5.73 Å². The molecule has 0 bridgehead atoms. The first-order valence-electron chi connectivity index (χ1n) is 8.08. The van der Waals surface area contributed by atoms with Gasteiger partial charge >= 0.3 is 0 Å². The first-order chi connectivity index (χ1) is 11.7. The van der Waals surface area contributed by atoms with Crippen molar-refractivity contribution in [2.45, 2.75) is 25.3 Å². The van der Waals surface area contributed by atoms with Gasteiger partial charge in [0.25, 0.3) is 0 Å². The van der Waals surface area contributed by atoms with Crippen molar-refractivity contribution in [1.29, 1.82) is 0 Å². The van der Waals surface area contributed by atoms with E-state index in [4.69, 9.17) is 5.73 Å². The Labute approximate surface area is 149 Å². The Morgan fingerprint density at radius 2 is 1.96 bits per heavy atom. The molecule has 6 heteroatoms. The van der Waals surface area contributed by atoms with Crippen LogP contribution in [-0.4, -0.2) is 20.0 Å². The van der Waals surface area contributed by atoms with E-state index in [9.17, 15) is 0 Å². The molecule has 1 saturated carbocycles. The lowest BCUT2D eigenvalue weighted by atomic mass is 10.1. The molecule has 3 aromatic rings. The number of aromatic nitrogens is 4. The molecule has 1 fully saturated rings. The Kier molecular flexibility index (Phi) is 4.06. The highest BCUT2D eigenvalue weighted by molar-refractivity contribution is 9.10. The number of rotatable bonds is 5. The molecule has 0 saturated heterocycles. The zero-order valence-corrected chi connectivity index (χ0v) is 14.7. The van der Waals surface area contributed by atoms with Crippen LogP contribution in [0.15, 0.2) is 53.3 Å². The van der Waals surface area contributed by atoms with Gasteiger partial charge in [0.2, 0.25) is 0 Å². The lowest BCUT2D eigenvalue weighted by Gasteiger charge is -2.16. The third-order valence-electron chi connectivity index (χ3n) is 4.38. The fourth-order valence-corrected chi connectivity index (χ4v) is 3.07. The highest BCUT2D eigenvalue weighted by Gasteiger charge is 2.28. The second-order valence-corrected chi connectivity index (χ2v) is 7.22. The molecule has 1 unspecified atom stereocenters. The van der Waals surface area contributed by atoms with Crippen molar-refractivity contribution in [1.82, 2.24) is 20.0 Å². The molecule has 1 aliphatic carbocycles. The lowest BCUT2D eigenvalue weighted by molar-refractivity contribution is 0.444. The molecule has 1 atom stereocenters. The number of anilines is 1. The average molecular weight is 384 g/mol. The van der Waals surface area contributed by atoms with Crippen LogP contribution in [-0.2, 0) is 0 Å². The quantitative estimate of drug-likeness (QED) is 0.674. The summed E-state index contributed by atoms with van der Waals surface area (Å²) in [6.45, 7) is 0. The van der Waals surface area contributed by atoms with E-state index in [0.29, 0.717) is 0 Å². The maximum Gasteiger partial charge on any atom is 0.113 e. The average Bonchev–Trinajstić information content (AvgIpc) is 3.29. The summed E-state index contributed by atoms with van der Waals surface area (Å²) in [6.07, 6.45) is 7.49. The summed E-state index contributed by atoms with van der Waals surface area (Å²) < 4.78 is 2.93. The standard InChI is InChI=1S/C18H18BrN5/c19-14-5-8-16(21-10-14)18(9-12-1-2-12)24-11-17(22-23-24)13-3-6-15(20)7-4-13/h3-8,10-12,18H,1-2,9,20H2. The summed E-state index contributed by atoms with van der Waals surface area (Å²) in [7, 11) is 0. The maximum atomic E-state index is 5.75. The third-order valence-corrected chi connectivity index (χ3v) is 4.85. The minimum absolute atomic E-state index is 0.126. The summed E-state index contributed by atoms with van der Waals surface area (Å²) in [5, 5.41) is 8.72. The predicted molar refractivity (Wildman–Crippen MR) is 97.3 cm³/mol. The van der Waals surface area contributed by atoms with Crippen molar-refractivity contribution in [3.63, 3.8) is 0 Å². The lowest BCUT2D eigenvalue weighted by Crippen LogP contribution is -2.14. The number of halogens is 1. The van der Waals surface area contributed by atoms with E-state index in [2.05, 4.69) is 37.3 Å². The normalized spacial score (nSPS) is 15.4. The van der Waals surface area contributed by atoms with Gasteiger partial charge in [-0.2, -0.15) is 0 Å². The van der Waals surface area contributed by atoms with Crippen LogP contribution in [0.4, 0.5) is 5.69 Å². The Morgan fingerprint density at radius 1 is 1.17 bits per heavy atom. The molecule has 2 heterocycles. The van der Waals surface area contributed by atoms with Gasteiger partial charge < -0.3 is 5.73 Å². The molecule has 0 radical (unpaired) electrons. The van der Waals surface area contributed by atoms with E-state index in [1.807, 2.05) is 47.4 Å². The van der Waals surface area contributed by atoms with Crippen molar-refractivity contribution in [2.24, 2.45) is 5.92 Å². The van der Waals surface area contributed by atoms with Crippen molar-refractivity contribution in [3.05, 3.63) is 59.0 Å². The third kappa shape index (κ3) is 3.33. The molecule has 0 spiro atoms. The number of nitrogens with zero attached hydrogens (tertiary/aromatic N) is 4. The molecule has 0 aliphatic heterocycles. The van der Waals surface area contributed by atoms with Crippen LogP contribution in [0.2, 0.25) is 0 Å². The summed E-state index contributed by atoms with van der Waals surface area (Å²) in [6, 6.07) is 11.9. The summed E-state index contributed by atoms with van der Waals surface area (Å²) in [5.41, 5.74) is 9.40. The molecule has 0 amide bonds. The van der Waals surface area contributed by atoms with Gasteiger partial charge in [0.05, 0.1) is 17.9 Å². The molecular formula is C18H18BrN5. The van der Waals surface area contributed by atoms with Gasteiger partial charge in [0.1, 0.15) is 5.69 Å². The van der Waals surface area contributed by atoms with Crippen molar-refractivity contribution < 1.29 is 0 Å². The second-order valence-electron chi connectivity index (χ2n) is 6.30. The van der Waals surface area contributed by atoms with E-state index in [1.54, 1.807) is 0 Å². The number of nitrogens with two attached hydrogens (primary N) is 1. The van der Waals surface area contributed by atoms with Crippen molar-refractivity contribution >= 4 is 21.6 Å². The second kappa shape index (κ2) is 6.36. The number of pyridine rings is 1. The maximum absolute atomic E-state index is 5.75. The van der Waals surface area contributed by atoms with Crippen LogP contribution in [0.5, 0.6) is 0 Å². The highest BCUT2D eigenvalue weighted by Crippen LogP contribution is 2.39. The van der Waals surface area contributed by atoms with Gasteiger partial charge in [0.15, 0.2) is 0 Å². The van der Waals surface area contributed by atoms with E-state index in [-0.39, 0.29) is 6.04 Å². The molecule has 122 valence electrons. The molecule has 5 nitrogen and oxygen atoms in total. The number of hydrogen-bond donors (Lipinski definition) is 1. The molecule has 2 N–H and O–H groups in total. The molecule has 2 aromatic heterocycles. The topological polar surface area (TPSA) is 69.6 Å². The van der Waals surface area contributed by atoms with Crippen LogP contribution in [0.1, 0.15) is 31.0 Å². The minimum Gasteiger partial charge on any atom is -0.399 e. The number of nitrogen functional groups attached to an aromatic ring is 1. The fourth-order valence-electron chi connectivity index (χ4n) is 2.83. The van der Waals surface area contributed by atoms with E-state index >= 15 is 0 Å². The summed E-state index contributed by atoms with van der Waals surface area (Å²) in [4.78, 5) is 4.58. The van der Waals surface area contributed by atoms with Crippen LogP contribution >= 0.6 is 15.9 Å². The van der Waals surface area contributed by atoms with E-state index in [1.165, 1.54) is 12.8 Å². The van der Waals surface area contributed by atoms with Crippen molar-refractivity contribution in [2.75, 3.05) is 5.73 Å². The predicted octanol–water partition coefficient (Wildman–Crippen LogP) is 4.07. The zero-order chi connectivity index (χ0) is 16.5. The molecular weight excluding hydrogens is 366 g/mol. The van der Waals surface area contributed by atoms with Crippen LogP contribution in [0, 0.1) is 5.92 Å². The van der Waals surface area contributed by atoms with Gasteiger partial charge in [0, 0.05) is 21.9 Å². The molecule has 1 aliphatic rings.